The highest BCUT2D eigenvalue weighted by molar-refractivity contribution is 5.10. The van der Waals surface area contributed by atoms with Crippen molar-refractivity contribution in [3.63, 3.8) is 0 Å². The molecule has 88 valence electrons. The maximum atomic E-state index is 6.00. The van der Waals surface area contributed by atoms with Crippen LogP contribution in [0.5, 0.6) is 0 Å². The Bertz CT molecular complexity index is 237. The van der Waals surface area contributed by atoms with Crippen LogP contribution in [0.1, 0.15) is 54.4 Å². The van der Waals surface area contributed by atoms with Gasteiger partial charge in [-0.05, 0) is 43.4 Å². The van der Waals surface area contributed by atoms with Crippen LogP contribution in [0.4, 0.5) is 0 Å². The van der Waals surface area contributed by atoms with Crippen molar-refractivity contribution in [2.45, 2.75) is 59.9 Å². The Kier molecular flexibility index (Phi) is 3.08. The lowest BCUT2D eigenvalue weighted by atomic mass is 9.72. The van der Waals surface area contributed by atoms with Crippen LogP contribution >= 0.6 is 0 Å². The number of rotatable bonds is 2. The third kappa shape index (κ3) is 3.07. The lowest BCUT2D eigenvalue weighted by molar-refractivity contribution is 0.209. The molecule has 0 unspecified atom stereocenters. The first kappa shape index (κ1) is 12.8. The lowest BCUT2D eigenvalue weighted by Crippen LogP contribution is -2.31. The summed E-state index contributed by atoms with van der Waals surface area (Å²) in [6, 6.07) is 0. The summed E-state index contributed by atoms with van der Waals surface area (Å²) in [5.74, 6) is 0.646. The third-order valence-electron chi connectivity index (χ3n) is 3.82. The van der Waals surface area contributed by atoms with Crippen LogP contribution in [0, 0.1) is 16.7 Å². The maximum absolute atomic E-state index is 6.00. The van der Waals surface area contributed by atoms with E-state index < -0.39 is 0 Å². The molecule has 2 N–H and O–H groups in total. The summed E-state index contributed by atoms with van der Waals surface area (Å²) in [7, 11) is 0. The maximum Gasteiger partial charge on any atom is 0.0281 e. The Morgan fingerprint density at radius 2 is 1.47 bits per heavy atom. The highest BCUT2D eigenvalue weighted by atomic mass is 14.7. The first-order valence-electron chi connectivity index (χ1n) is 6.03. The smallest absolute Gasteiger partial charge is 0.0281 e. The summed E-state index contributed by atoms with van der Waals surface area (Å²) < 4.78 is 0. The standard InChI is InChI=1S/C14H27N/c1-12(2)9-10-13(3,4)11(12)7-8-14(5,6)15/h7-8,11H,9-10,15H2,1-6H3. The molecule has 1 rings (SSSR count). The molecule has 0 aliphatic heterocycles. The molecule has 0 aromatic carbocycles. The third-order valence-corrected chi connectivity index (χ3v) is 3.82. The fourth-order valence-corrected chi connectivity index (χ4v) is 2.88. The van der Waals surface area contributed by atoms with Gasteiger partial charge in [0.1, 0.15) is 0 Å². The van der Waals surface area contributed by atoms with E-state index in [-0.39, 0.29) is 5.54 Å². The first-order chi connectivity index (χ1) is 6.55. The highest BCUT2D eigenvalue weighted by Crippen LogP contribution is 2.54. The van der Waals surface area contributed by atoms with Gasteiger partial charge in [-0.1, -0.05) is 39.8 Å². The van der Waals surface area contributed by atoms with Crippen LogP contribution in [-0.4, -0.2) is 5.54 Å². The fraction of sp³-hybridized carbons (Fsp3) is 0.857. The van der Waals surface area contributed by atoms with Crippen molar-refractivity contribution in [1.29, 1.82) is 0 Å². The van der Waals surface area contributed by atoms with Crippen molar-refractivity contribution in [2.24, 2.45) is 22.5 Å². The van der Waals surface area contributed by atoms with Crippen LogP contribution < -0.4 is 5.73 Å². The van der Waals surface area contributed by atoms with E-state index in [2.05, 4.69) is 53.7 Å². The summed E-state index contributed by atoms with van der Waals surface area (Å²) in [6.07, 6.45) is 7.17. The second-order valence-corrected chi connectivity index (χ2v) is 7.14. The van der Waals surface area contributed by atoms with Crippen molar-refractivity contribution in [2.75, 3.05) is 0 Å². The van der Waals surface area contributed by atoms with Gasteiger partial charge in [-0.3, -0.25) is 0 Å². The van der Waals surface area contributed by atoms with E-state index in [1.807, 2.05) is 0 Å². The van der Waals surface area contributed by atoms with E-state index >= 15 is 0 Å². The van der Waals surface area contributed by atoms with Crippen molar-refractivity contribution >= 4 is 0 Å². The number of allylic oxidation sites excluding steroid dienone is 1. The molecule has 0 heterocycles. The minimum atomic E-state index is -0.186. The summed E-state index contributed by atoms with van der Waals surface area (Å²) >= 11 is 0. The second-order valence-electron chi connectivity index (χ2n) is 7.14. The minimum absolute atomic E-state index is 0.186. The molecule has 0 aromatic rings. The minimum Gasteiger partial charge on any atom is -0.322 e. The second kappa shape index (κ2) is 3.62. The summed E-state index contributed by atoms with van der Waals surface area (Å²) in [6.45, 7) is 13.6. The van der Waals surface area contributed by atoms with Crippen LogP contribution in [0.3, 0.4) is 0 Å². The lowest BCUT2D eigenvalue weighted by Gasteiger charge is -2.33. The van der Waals surface area contributed by atoms with Gasteiger partial charge in [-0.2, -0.15) is 0 Å². The average molecular weight is 209 g/mol. The van der Waals surface area contributed by atoms with Crippen molar-refractivity contribution in [3.8, 4) is 0 Å². The predicted molar refractivity (Wildman–Crippen MR) is 67.7 cm³/mol. The Morgan fingerprint density at radius 3 is 1.80 bits per heavy atom. The van der Waals surface area contributed by atoms with E-state index in [1.165, 1.54) is 12.8 Å². The molecule has 0 spiro atoms. The average Bonchev–Trinajstić information content (AvgIpc) is 2.17. The van der Waals surface area contributed by atoms with Gasteiger partial charge in [-0.25, -0.2) is 0 Å². The van der Waals surface area contributed by atoms with Crippen LogP contribution in [-0.2, 0) is 0 Å². The molecule has 0 radical (unpaired) electrons. The van der Waals surface area contributed by atoms with E-state index in [1.54, 1.807) is 0 Å². The first-order valence-corrected chi connectivity index (χ1v) is 6.03. The summed E-state index contributed by atoms with van der Waals surface area (Å²) in [4.78, 5) is 0. The van der Waals surface area contributed by atoms with Crippen molar-refractivity contribution in [3.05, 3.63) is 12.2 Å². The van der Waals surface area contributed by atoms with Gasteiger partial charge in [0.25, 0.3) is 0 Å². The largest absolute Gasteiger partial charge is 0.322 e. The molecule has 1 fully saturated rings. The van der Waals surface area contributed by atoms with Crippen molar-refractivity contribution < 1.29 is 0 Å². The zero-order valence-electron chi connectivity index (χ0n) is 11.2. The van der Waals surface area contributed by atoms with E-state index in [0.717, 1.165) is 0 Å². The van der Waals surface area contributed by atoms with Crippen LogP contribution in [0.2, 0.25) is 0 Å². The quantitative estimate of drug-likeness (QED) is 0.689. The molecular weight excluding hydrogens is 182 g/mol. The van der Waals surface area contributed by atoms with Gasteiger partial charge in [0.2, 0.25) is 0 Å². The highest BCUT2D eigenvalue weighted by Gasteiger charge is 2.45. The molecule has 0 aromatic heterocycles. The monoisotopic (exact) mass is 209 g/mol. The number of hydrogen-bond acceptors (Lipinski definition) is 1. The van der Waals surface area contributed by atoms with Gasteiger partial charge < -0.3 is 5.73 Å². The zero-order valence-corrected chi connectivity index (χ0v) is 11.2. The Labute approximate surface area is 95.1 Å². The Hall–Kier alpha value is -0.300. The molecule has 1 aliphatic carbocycles. The molecule has 15 heavy (non-hydrogen) atoms. The van der Waals surface area contributed by atoms with Crippen LogP contribution in [0.25, 0.3) is 0 Å². The summed E-state index contributed by atoms with van der Waals surface area (Å²) in [5.41, 5.74) is 6.66. The molecule has 1 aliphatic rings. The van der Waals surface area contributed by atoms with Gasteiger partial charge in [0, 0.05) is 5.54 Å². The molecule has 0 saturated heterocycles. The predicted octanol–water partition coefficient (Wildman–Crippen LogP) is 3.74. The van der Waals surface area contributed by atoms with Gasteiger partial charge >= 0.3 is 0 Å². The zero-order chi connectivity index (χ0) is 11.9. The fourth-order valence-electron chi connectivity index (χ4n) is 2.88. The Balaban J connectivity index is 2.87. The van der Waals surface area contributed by atoms with E-state index in [0.29, 0.717) is 16.7 Å². The normalized spacial score (nSPS) is 26.3. The summed E-state index contributed by atoms with van der Waals surface area (Å²) in [5, 5.41) is 0. The molecule has 1 nitrogen and oxygen atoms in total. The molecule has 0 amide bonds. The molecule has 1 heteroatoms. The molecule has 0 bridgehead atoms. The van der Waals surface area contributed by atoms with Gasteiger partial charge in [-0.15, -0.1) is 0 Å². The number of nitrogens with two attached hydrogens (primary N) is 1. The molecular formula is C14H27N. The topological polar surface area (TPSA) is 26.0 Å². The van der Waals surface area contributed by atoms with Crippen molar-refractivity contribution in [1.82, 2.24) is 0 Å². The number of hydrogen-bond donors (Lipinski definition) is 1. The SMILES string of the molecule is CC(C)(N)C=CC1C(C)(C)CCC1(C)C. The molecule has 1 saturated carbocycles. The molecule has 0 atom stereocenters. The van der Waals surface area contributed by atoms with E-state index in [4.69, 9.17) is 5.73 Å². The van der Waals surface area contributed by atoms with Crippen LogP contribution in [0.15, 0.2) is 12.2 Å². The van der Waals surface area contributed by atoms with Gasteiger partial charge in [0.15, 0.2) is 0 Å². The van der Waals surface area contributed by atoms with E-state index in [9.17, 15) is 0 Å². The Morgan fingerprint density at radius 1 is 1.07 bits per heavy atom. The van der Waals surface area contributed by atoms with Gasteiger partial charge in [0.05, 0.1) is 0 Å².